The Labute approximate surface area is 204 Å². The lowest BCUT2D eigenvalue weighted by Crippen LogP contribution is -2.10. The van der Waals surface area contributed by atoms with E-state index in [2.05, 4.69) is 4.98 Å². The van der Waals surface area contributed by atoms with E-state index in [0.29, 0.717) is 17.9 Å². The molecule has 34 heavy (non-hydrogen) atoms. The Bertz CT molecular complexity index is 1350. The number of nitrogens with zero attached hydrogens (tertiary/aromatic N) is 1. The number of halogens is 1. The third-order valence-corrected chi connectivity index (χ3v) is 6.23. The average Bonchev–Trinajstić information content (AvgIpc) is 2.85. The molecule has 0 aliphatic heterocycles. The summed E-state index contributed by atoms with van der Waals surface area (Å²) in [6, 6.07) is 24.9. The van der Waals surface area contributed by atoms with Crippen molar-refractivity contribution in [2.24, 2.45) is 0 Å². The van der Waals surface area contributed by atoms with Crippen LogP contribution in [0.1, 0.15) is 53.3 Å². The van der Waals surface area contributed by atoms with Crippen molar-refractivity contribution in [3.63, 3.8) is 0 Å². The monoisotopic (exact) mass is 471 g/mol. The first-order valence-corrected chi connectivity index (χ1v) is 11.6. The van der Waals surface area contributed by atoms with Crippen LogP contribution >= 0.6 is 11.6 Å². The second kappa shape index (κ2) is 10.6. The summed E-state index contributed by atoms with van der Waals surface area (Å²) in [5.41, 5.74) is 5.20. The first-order chi connectivity index (χ1) is 16.4. The van der Waals surface area contributed by atoms with Gasteiger partial charge in [-0.1, -0.05) is 72.3 Å². The lowest BCUT2D eigenvalue weighted by Gasteiger charge is -2.16. The van der Waals surface area contributed by atoms with Crippen LogP contribution < -0.4 is 0 Å². The minimum atomic E-state index is -0.850. The molecule has 5 heteroatoms. The lowest BCUT2D eigenvalue weighted by molar-refractivity contribution is -0.138. The van der Waals surface area contributed by atoms with E-state index in [1.807, 2.05) is 91.0 Å². The maximum atomic E-state index is 11.4. The second-order valence-electron chi connectivity index (χ2n) is 8.39. The molecule has 0 saturated carbocycles. The topological polar surface area (TPSA) is 70.4 Å². The predicted octanol–water partition coefficient (Wildman–Crippen LogP) is 6.91. The van der Waals surface area contributed by atoms with Gasteiger partial charge in [0.25, 0.3) is 0 Å². The van der Waals surface area contributed by atoms with Crippen molar-refractivity contribution in [3.8, 4) is 0 Å². The van der Waals surface area contributed by atoms with E-state index in [-0.39, 0.29) is 0 Å². The first-order valence-electron chi connectivity index (χ1n) is 11.2. The van der Waals surface area contributed by atoms with Gasteiger partial charge in [0.05, 0.1) is 23.2 Å². The Morgan fingerprint density at radius 1 is 1.00 bits per heavy atom. The second-order valence-corrected chi connectivity index (χ2v) is 8.83. The number of carbonyl (C=O) groups is 1. The lowest BCUT2D eigenvalue weighted by atomic mass is 9.91. The molecule has 0 fully saturated rings. The molecule has 0 bridgehead atoms. The number of aliphatic hydroxyl groups excluding tert-OH is 1. The number of hydrogen-bond acceptors (Lipinski definition) is 3. The van der Waals surface area contributed by atoms with Crippen molar-refractivity contribution in [3.05, 3.63) is 112 Å². The van der Waals surface area contributed by atoms with Gasteiger partial charge in [-0.25, -0.2) is 4.98 Å². The van der Waals surface area contributed by atoms with Crippen LogP contribution in [0, 0.1) is 0 Å². The molecule has 1 heterocycles. The molecular weight excluding hydrogens is 446 g/mol. The van der Waals surface area contributed by atoms with Crippen LogP contribution in [0.4, 0.5) is 0 Å². The Morgan fingerprint density at radius 3 is 2.62 bits per heavy atom. The SMILES string of the molecule is CC(C(=O)O)c1ccccc1CCC(O)c1cccc(/C=C/c2ccc3ccc(Cl)cc3n2)c1. The molecule has 0 aliphatic rings. The minimum absolute atomic E-state index is 0.503. The van der Waals surface area contributed by atoms with Crippen LogP contribution in [0.2, 0.25) is 5.02 Å². The Balaban J connectivity index is 1.46. The molecule has 0 amide bonds. The highest BCUT2D eigenvalue weighted by molar-refractivity contribution is 6.31. The molecule has 0 radical (unpaired) electrons. The molecule has 0 spiro atoms. The van der Waals surface area contributed by atoms with E-state index in [1.54, 1.807) is 6.92 Å². The van der Waals surface area contributed by atoms with Gasteiger partial charge in [0.15, 0.2) is 0 Å². The molecule has 172 valence electrons. The van der Waals surface area contributed by atoms with E-state index in [0.717, 1.165) is 38.9 Å². The van der Waals surface area contributed by atoms with E-state index < -0.39 is 18.0 Å². The fourth-order valence-corrected chi connectivity index (χ4v) is 4.19. The zero-order valence-electron chi connectivity index (χ0n) is 18.9. The van der Waals surface area contributed by atoms with Gasteiger partial charge in [0.1, 0.15) is 0 Å². The maximum Gasteiger partial charge on any atom is 0.310 e. The first kappa shape index (κ1) is 23.7. The van der Waals surface area contributed by atoms with Gasteiger partial charge in [0, 0.05) is 10.4 Å². The van der Waals surface area contributed by atoms with E-state index in [4.69, 9.17) is 11.6 Å². The van der Waals surface area contributed by atoms with E-state index in [9.17, 15) is 15.0 Å². The molecule has 0 aliphatic carbocycles. The number of aliphatic carboxylic acids is 1. The van der Waals surface area contributed by atoms with Gasteiger partial charge in [-0.3, -0.25) is 4.79 Å². The highest BCUT2D eigenvalue weighted by atomic mass is 35.5. The molecular formula is C29H26ClNO3. The fraction of sp³-hybridized carbons (Fsp3) is 0.172. The van der Waals surface area contributed by atoms with Gasteiger partial charge >= 0.3 is 5.97 Å². The van der Waals surface area contributed by atoms with Crippen LogP contribution in [0.15, 0.2) is 78.9 Å². The number of carboxylic acids is 1. The molecule has 2 atom stereocenters. The number of pyridine rings is 1. The number of aryl methyl sites for hydroxylation is 1. The number of aromatic nitrogens is 1. The van der Waals surface area contributed by atoms with Gasteiger partial charge < -0.3 is 10.2 Å². The van der Waals surface area contributed by atoms with Crippen LogP contribution in [-0.4, -0.2) is 21.2 Å². The maximum absolute atomic E-state index is 11.4. The molecule has 2 N–H and O–H groups in total. The van der Waals surface area contributed by atoms with Crippen molar-refractivity contribution in [2.75, 3.05) is 0 Å². The average molecular weight is 472 g/mol. The molecule has 4 nitrogen and oxygen atoms in total. The van der Waals surface area contributed by atoms with Crippen LogP contribution in [0.25, 0.3) is 23.1 Å². The van der Waals surface area contributed by atoms with Gasteiger partial charge in [-0.2, -0.15) is 0 Å². The zero-order chi connectivity index (χ0) is 24.1. The van der Waals surface area contributed by atoms with E-state index in [1.165, 1.54) is 0 Å². The number of rotatable bonds is 8. The van der Waals surface area contributed by atoms with Crippen LogP contribution in [0.5, 0.6) is 0 Å². The number of aliphatic hydroxyl groups is 1. The van der Waals surface area contributed by atoms with E-state index >= 15 is 0 Å². The summed E-state index contributed by atoms with van der Waals surface area (Å²) < 4.78 is 0. The van der Waals surface area contributed by atoms with Gasteiger partial charge in [-0.05, 0) is 72.4 Å². The summed E-state index contributed by atoms with van der Waals surface area (Å²) in [5, 5.41) is 21.9. The Hall–Kier alpha value is -3.47. The third-order valence-electron chi connectivity index (χ3n) is 6.00. The number of fused-ring (bicyclic) bond motifs is 1. The summed E-state index contributed by atoms with van der Waals surface area (Å²) in [7, 11) is 0. The number of hydrogen-bond donors (Lipinski definition) is 2. The third kappa shape index (κ3) is 5.71. The summed E-state index contributed by atoms with van der Waals surface area (Å²) in [5.74, 6) is -1.43. The van der Waals surface area contributed by atoms with Crippen molar-refractivity contribution < 1.29 is 15.0 Å². The Kier molecular flexibility index (Phi) is 7.41. The van der Waals surface area contributed by atoms with Crippen molar-refractivity contribution in [2.45, 2.75) is 31.8 Å². The number of benzene rings is 3. The molecule has 4 rings (SSSR count). The highest BCUT2D eigenvalue weighted by Gasteiger charge is 2.18. The number of carboxylic acid groups (broad SMARTS) is 1. The van der Waals surface area contributed by atoms with Crippen molar-refractivity contribution in [1.29, 1.82) is 0 Å². The van der Waals surface area contributed by atoms with Gasteiger partial charge in [0.2, 0.25) is 0 Å². The quantitative estimate of drug-likeness (QED) is 0.293. The summed E-state index contributed by atoms with van der Waals surface area (Å²) in [6.07, 6.45) is 4.36. The molecule has 1 aromatic heterocycles. The molecule has 0 saturated heterocycles. The van der Waals surface area contributed by atoms with Crippen molar-refractivity contribution in [1.82, 2.24) is 4.98 Å². The molecule has 3 aromatic carbocycles. The fourth-order valence-electron chi connectivity index (χ4n) is 4.03. The highest BCUT2D eigenvalue weighted by Crippen LogP contribution is 2.26. The predicted molar refractivity (Wildman–Crippen MR) is 138 cm³/mol. The van der Waals surface area contributed by atoms with Crippen molar-refractivity contribution >= 4 is 40.6 Å². The molecule has 4 aromatic rings. The largest absolute Gasteiger partial charge is 0.481 e. The summed E-state index contributed by atoms with van der Waals surface area (Å²) >= 11 is 6.09. The summed E-state index contributed by atoms with van der Waals surface area (Å²) in [4.78, 5) is 16.1. The standard InChI is InChI=1S/C29H26ClNO3/c1-19(29(33)34)26-8-3-2-6-21(26)12-16-28(32)23-7-4-5-20(17-23)9-14-25-15-11-22-10-13-24(30)18-27(22)31-25/h2-11,13-15,17-19,28,32H,12,16H2,1H3,(H,33,34)/b14-9+. The zero-order valence-corrected chi connectivity index (χ0v) is 19.6. The van der Waals surface area contributed by atoms with Crippen LogP contribution in [-0.2, 0) is 11.2 Å². The Morgan fingerprint density at radius 2 is 1.79 bits per heavy atom. The molecule has 2 unspecified atom stereocenters. The smallest absolute Gasteiger partial charge is 0.310 e. The normalized spacial score (nSPS) is 13.3. The van der Waals surface area contributed by atoms with Crippen LogP contribution in [0.3, 0.4) is 0 Å². The summed E-state index contributed by atoms with van der Waals surface area (Å²) in [6.45, 7) is 1.69. The minimum Gasteiger partial charge on any atom is -0.481 e. The van der Waals surface area contributed by atoms with Gasteiger partial charge in [-0.15, -0.1) is 0 Å².